The molecule has 9 rings (SSSR count). The Morgan fingerprint density at radius 2 is 1.07 bits per heavy atom. The second kappa shape index (κ2) is 10.0. The van der Waals surface area contributed by atoms with Crippen LogP contribution in [0.5, 0.6) is 0 Å². The minimum atomic E-state index is 0.621. The molecule has 45 heavy (non-hydrogen) atoms. The molecule has 0 aliphatic carbocycles. The Morgan fingerprint density at radius 3 is 1.71 bits per heavy atom. The van der Waals surface area contributed by atoms with Crippen LogP contribution in [0, 0.1) is 0 Å². The van der Waals surface area contributed by atoms with E-state index in [4.69, 9.17) is 14.4 Å². The summed E-state index contributed by atoms with van der Waals surface area (Å²) in [5.41, 5.74) is 7.42. The van der Waals surface area contributed by atoms with Crippen molar-refractivity contribution in [3.05, 3.63) is 146 Å². The highest BCUT2D eigenvalue weighted by Gasteiger charge is 2.22. The zero-order chi connectivity index (χ0) is 29.9. The van der Waals surface area contributed by atoms with Gasteiger partial charge in [0.15, 0.2) is 5.76 Å². The number of hydrogen-bond acceptors (Lipinski definition) is 3. The van der Waals surface area contributed by atoms with E-state index in [1.165, 1.54) is 26.9 Å². The van der Waals surface area contributed by atoms with Gasteiger partial charge in [0.2, 0.25) is 5.89 Å². The van der Waals surface area contributed by atoms with Crippen LogP contribution in [0.25, 0.3) is 89.0 Å². The molecule has 0 spiro atoms. The lowest BCUT2D eigenvalue weighted by Gasteiger charge is -2.15. The number of imidazole rings is 1. The molecule has 212 valence electrons. The van der Waals surface area contributed by atoms with Gasteiger partial charge < -0.3 is 8.98 Å². The summed E-state index contributed by atoms with van der Waals surface area (Å²) in [6.45, 7) is 0. The largest absolute Gasteiger partial charge is 0.436 e. The number of oxazole rings is 1. The SMILES string of the molecule is Cn1c(-c2ccc3ccc4c(-c5ncc(-c6ccccc6)o5)ccc5ccc2c3c54)nc(-c2ccccc2)c1-c1ccccc1. The first-order valence-corrected chi connectivity index (χ1v) is 15.1. The highest BCUT2D eigenvalue weighted by molar-refractivity contribution is 6.27. The van der Waals surface area contributed by atoms with E-state index in [9.17, 15) is 0 Å². The van der Waals surface area contributed by atoms with Crippen molar-refractivity contribution in [2.24, 2.45) is 7.05 Å². The van der Waals surface area contributed by atoms with Crippen LogP contribution in [-0.4, -0.2) is 14.5 Å². The Morgan fingerprint density at radius 1 is 0.533 bits per heavy atom. The molecule has 0 fully saturated rings. The topological polar surface area (TPSA) is 43.9 Å². The van der Waals surface area contributed by atoms with Crippen molar-refractivity contribution in [2.45, 2.75) is 0 Å². The maximum absolute atomic E-state index is 6.33. The van der Waals surface area contributed by atoms with E-state index >= 15 is 0 Å². The number of benzene rings is 7. The Bertz CT molecular complexity index is 2480. The molecule has 0 saturated carbocycles. The molecule has 7 aromatic carbocycles. The van der Waals surface area contributed by atoms with Gasteiger partial charge in [-0.15, -0.1) is 0 Å². The quantitative estimate of drug-likeness (QED) is 0.191. The third kappa shape index (κ3) is 4.00. The van der Waals surface area contributed by atoms with Crippen LogP contribution in [0.2, 0.25) is 0 Å². The van der Waals surface area contributed by atoms with Crippen molar-refractivity contribution in [3.8, 4) is 56.7 Å². The Balaban J connectivity index is 1.27. The third-order valence-electron chi connectivity index (χ3n) is 8.89. The molecule has 0 unspecified atom stereocenters. The van der Waals surface area contributed by atoms with Crippen LogP contribution in [0.1, 0.15) is 0 Å². The van der Waals surface area contributed by atoms with Crippen LogP contribution >= 0.6 is 0 Å². The van der Waals surface area contributed by atoms with Gasteiger partial charge in [0.1, 0.15) is 5.82 Å². The van der Waals surface area contributed by atoms with E-state index in [0.29, 0.717) is 5.89 Å². The van der Waals surface area contributed by atoms with Gasteiger partial charge in [-0.2, -0.15) is 0 Å². The smallest absolute Gasteiger partial charge is 0.227 e. The van der Waals surface area contributed by atoms with Gasteiger partial charge in [0.05, 0.1) is 17.6 Å². The molecule has 0 saturated heterocycles. The van der Waals surface area contributed by atoms with Gasteiger partial charge in [-0.1, -0.05) is 133 Å². The summed E-state index contributed by atoms with van der Waals surface area (Å²) in [5.74, 6) is 2.32. The molecule has 0 amide bonds. The van der Waals surface area contributed by atoms with E-state index in [0.717, 1.165) is 56.2 Å². The molecule has 0 aliphatic rings. The van der Waals surface area contributed by atoms with Crippen molar-refractivity contribution in [3.63, 3.8) is 0 Å². The molecule has 4 nitrogen and oxygen atoms in total. The summed E-state index contributed by atoms with van der Waals surface area (Å²) in [6.07, 6.45) is 1.82. The van der Waals surface area contributed by atoms with Crippen molar-refractivity contribution in [2.75, 3.05) is 0 Å². The predicted octanol–water partition coefficient (Wildman–Crippen LogP) is 10.6. The van der Waals surface area contributed by atoms with E-state index in [2.05, 4.69) is 115 Å². The van der Waals surface area contributed by atoms with E-state index in [1.807, 2.05) is 42.6 Å². The van der Waals surface area contributed by atoms with Gasteiger partial charge in [0.25, 0.3) is 0 Å². The van der Waals surface area contributed by atoms with E-state index in [-0.39, 0.29) is 0 Å². The van der Waals surface area contributed by atoms with Crippen LogP contribution < -0.4 is 0 Å². The second-order valence-corrected chi connectivity index (χ2v) is 11.5. The lowest BCUT2D eigenvalue weighted by atomic mass is 9.90. The number of rotatable bonds is 5. The maximum atomic E-state index is 6.33. The molecule has 0 bridgehead atoms. The molecular weight excluding hydrogens is 550 g/mol. The van der Waals surface area contributed by atoms with Gasteiger partial charge >= 0.3 is 0 Å². The van der Waals surface area contributed by atoms with Crippen LogP contribution in [0.4, 0.5) is 0 Å². The average Bonchev–Trinajstić information content (AvgIpc) is 3.73. The number of aromatic nitrogens is 3. The molecule has 0 atom stereocenters. The summed E-state index contributed by atoms with van der Waals surface area (Å²) in [5, 5.41) is 7.12. The Kier molecular flexibility index (Phi) is 5.69. The Hall–Kier alpha value is -6.00. The summed E-state index contributed by atoms with van der Waals surface area (Å²) < 4.78 is 8.57. The van der Waals surface area contributed by atoms with E-state index in [1.54, 1.807) is 0 Å². The minimum absolute atomic E-state index is 0.621. The highest BCUT2D eigenvalue weighted by atomic mass is 16.4. The number of hydrogen-bond donors (Lipinski definition) is 0. The first-order chi connectivity index (χ1) is 22.2. The fourth-order valence-corrected chi connectivity index (χ4v) is 6.78. The zero-order valence-electron chi connectivity index (χ0n) is 24.6. The Labute approximate surface area is 260 Å². The fourth-order valence-electron chi connectivity index (χ4n) is 6.78. The van der Waals surface area contributed by atoms with Crippen LogP contribution in [0.15, 0.2) is 150 Å². The van der Waals surface area contributed by atoms with Crippen molar-refractivity contribution in [1.82, 2.24) is 14.5 Å². The second-order valence-electron chi connectivity index (χ2n) is 11.5. The standard InChI is InChI=1S/C41H27N3O/c1-44-39(30-15-9-4-10-16-30)38(29-13-7-3-8-14-29)43-40(44)33-23-19-27-18-22-32-34(24-20-28-17-21-31(33)36(27)37(28)32)41-42-25-35(45-41)26-11-5-2-6-12-26/h2-25H,1H3. The summed E-state index contributed by atoms with van der Waals surface area (Å²) >= 11 is 0. The molecular formula is C41H27N3O. The first kappa shape index (κ1) is 25.5. The molecule has 0 N–H and O–H groups in total. The summed E-state index contributed by atoms with van der Waals surface area (Å²) in [4.78, 5) is 10.1. The van der Waals surface area contributed by atoms with Crippen LogP contribution in [0.3, 0.4) is 0 Å². The van der Waals surface area contributed by atoms with Gasteiger partial charge in [0, 0.05) is 34.9 Å². The highest BCUT2D eigenvalue weighted by Crippen LogP contribution is 2.44. The first-order valence-electron chi connectivity index (χ1n) is 15.1. The fraction of sp³-hybridized carbons (Fsp3) is 0.0244. The molecule has 2 aromatic heterocycles. The van der Waals surface area contributed by atoms with Gasteiger partial charge in [-0.05, 0) is 38.4 Å². The normalized spacial score (nSPS) is 11.7. The lowest BCUT2D eigenvalue weighted by molar-refractivity contribution is 0.589. The zero-order valence-corrected chi connectivity index (χ0v) is 24.6. The maximum Gasteiger partial charge on any atom is 0.227 e. The number of nitrogens with zero attached hydrogens (tertiary/aromatic N) is 3. The summed E-state index contributed by atoms with van der Waals surface area (Å²) in [7, 11) is 2.13. The van der Waals surface area contributed by atoms with E-state index < -0.39 is 0 Å². The van der Waals surface area contributed by atoms with Crippen molar-refractivity contribution < 1.29 is 4.42 Å². The summed E-state index contributed by atoms with van der Waals surface area (Å²) in [6, 6.07) is 48.7. The van der Waals surface area contributed by atoms with Crippen molar-refractivity contribution in [1.29, 1.82) is 0 Å². The molecule has 9 aromatic rings. The lowest BCUT2D eigenvalue weighted by Crippen LogP contribution is -1.97. The minimum Gasteiger partial charge on any atom is -0.436 e. The van der Waals surface area contributed by atoms with Gasteiger partial charge in [-0.3, -0.25) is 0 Å². The van der Waals surface area contributed by atoms with Gasteiger partial charge in [-0.25, -0.2) is 9.97 Å². The monoisotopic (exact) mass is 577 g/mol. The third-order valence-corrected chi connectivity index (χ3v) is 8.89. The van der Waals surface area contributed by atoms with Crippen molar-refractivity contribution >= 4 is 32.3 Å². The predicted molar refractivity (Wildman–Crippen MR) is 184 cm³/mol. The average molecular weight is 578 g/mol. The molecule has 4 heteroatoms. The molecule has 2 heterocycles. The van der Waals surface area contributed by atoms with Crippen LogP contribution in [-0.2, 0) is 7.05 Å². The molecule has 0 radical (unpaired) electrons. The molecule has 0 aliphatic heterocycles.